The number of carbonyl (C=O) groups is 2. The highest BCUT2D eigenvalue weighted by Gasteiger charge is 2.44. The third-order valence-corrected chi connectivity index (χ3v) is 2.96. The van der Waals surface area contributed by atoms with Crippen molar-refractivity contribution in [3.05, 3.63) is 0 Å². The summed E-state index contributed by atoms with van der Waals surface area (Å²) in [4.78, 5) is 24.8. The quantitative estimate of drug-likeness (QED) is 0.709. The number of ether oxygens (including phenoxy) is 1. The smallest absolute Gasteiger partial charge is 0.318 e. The van der Waals surface area contributed by atoms with E-state index >= 15 is 0 Å². The Morgan fingerprint density at radius 1 is 1.38 bits per heavy atom. The molecule has 1 fully saturated rings. The molecule has 0 bridgehead atoms. The molecular formula is C11H19NO4. The number of amides is 1. The Labute approximate surface area is 95.4 Å². The summed E-state index contributed by atoms with van der Waals surface area (Å²) in [5, 5.41) is 9.03. The molecule has 1 saturated heterocycles. The molecule has 0 atom stereocenters. The van der Waals surface area contributed by atoms with E-state index in [1.165, 1.54) is 13.8 Å². The van der Waals surface area contributed by atoms with Gasteiger partial charge in [0.2, 0.25) is 5.91 Å². The first-order valence-corrected chi connectivity index (χ1v) is 5.33. The van der Waals surface area contributed by atoms with Gasteiger partial charge in [-0.15, -0.1) is 0 Å². The van der Waals surface area contributed by atoms with E-state index in [-0.39, 0.29) is 5.91 Å². The Bertz CT molecular complexity index is 309. The van der Waals surface area contributed by atoms with Gasteiger partial charge in [0, 0.05) is 6.54 Å². The number of rotatable bonds is 2. The third-order valence-electron chi connectivity index (χ3n) is 2.96. The van der Waals surface area contributed by atoms with E-state index in [9.17, 15) is 9.59 Å². The second-order valence-electron chi connectivity index (χ2n) is 5.25. The van der Waals surface area contributed by atoms with E-state index in [0.29, 0.717) is 19.8 Å². The molecule has 16 heavy (non-hydrogen) atoms. The van der Waals surface area contributed by atoms with Crippen LogP contribution in [0.4, 0.5) is 0 Å². The van der Waals surface area contributed by atoms with Gasteiger partial charge >= 0.3 is 5.97 Å². The first-order valence-electron chi connectivity index (χ1n) is 5.33. The molecule has 0 aromatic heterocycles. The van der Waals surface area contributed by atoms with Gasteiger partial charge in [0.15, 0.2) is 0 Å². The van der Waals surface area contributed by atoms with Crippen molar-refractivity contribution >= 4 is 11.9 Å². The lowest BCUT2D eigenvalue weighted by molar-refractivity contribution is -0.166. The highest BCUT2D eigenvalue weighted by molar-refractivity contribution is 6.01. The number of morpholine rings is 1. The molecule has 1 heterocycles. The second kappa shape index (κ2) is 4.05. The summed E-state index contributed by atoms with van der Waals surface area (Å²) < 4.78 is 5.30. The van der Waals surface area contributed by atoms with Gasteiger partial charge < -0.3 is 14.7 Å². The molecule has 0 saturated carbocycles. The predicted octanol–water partition coefficient (Wildman–Crippen LogP) is 0.735. The molecular weight excluding hydrogens is 210 g/mol. The maximum Gasteiger partial charge on any atom is 0.318 e. The first-order chi connectivity index (χ1) is 7.19. The molecule has 1 amide bonds. The Morgan fingerprint density at radius 3 is 2.38 bits per heavy atom. The van der Waals surface area contributed by atoms with Gasteiger partial charge in [0.1, 0.15) is 5.41 Å². The topological polar surface area (TPSA) is 66.8 Å². The van der Waals surface area contributed by atoms with Crippen LogP contribution in [-0.2, 0) is 14.3 Å². The molecule has 5 heteroatoms. The predicted molar refractivity (Wildman–Crippen MR) is 58.0 cm³/mol. The summed E-state index contributed by atoms with van der Waals surface area (Å²) in [5.74, 6) is -1.45. The largest absolute Gasteiger partial charge is 0.480 e. The van der Waals surface area contributed by atoms with Crippen LogP contribution in [0.5, 0.6) is 0 Å². The zero-order valence-corrected chi connectivity index (χ0v) is 10.2. The molecule has 5 nitrogen and oxygen atoms in total. The maximum atomic E-state index is 12.2. The van der Waals surface area contributed by atoms with Crippen LogP contribution in [0.2, 0.25) is 0 Å². The van der Waals surface area contributed by atoms with E-state index in [4.69, 9.17) is 9.84 Å². The average Bonchev–Trinajstić information content (AvgIpc) is 2.15. The Balaban J connectivity index is 2.92. The Morgan fingerprint density at radius 2 is 1.94 bits per heavy atom. The molecule has 92 valence electrons. The number of carbonyl (C=O) groups excluding carboxylic acids is 1. The standard InChI is InChI=1S/C11H19NO4/c1-10(2)7-16-6-5-12(10)8(13)11(3,4)9(14)15/h5-7H2,1-4H3,(H,14,15). The number of nitrogens with zero attached hydrogens (tertiary/aromatic N) is 1. The van der Waals surface area contributed by atoms with Crippen molar-refractivity contribution in [2.24, 2.45) is 5.41 Å². The molecule has 0 aromatic rings. The fourth-order valence-corrected chi connectivity index (χ4v) is 1.66. The van der Waals surface area contributed by atoms with Gasteiger partial charge in [0.25, 0.3) is 0 Å². The van der Waals surface area contributed by atoms with Gasteiger partial charge in [-0.3, -0.25) is 9.59 Å². The van der Waals surface area contributed by atoms with Crippen LogP contribution >= 0.6 is 0 Å². The lowest BCUT2D eigenvalue weighted by Crippen LogP contribution is -2.59. The summed E-state index contributed by atoms with van der Waals surface area (Å²) in [7, 11) is 0. The summed E-state index contributed by atoms with van der Waals surface area (Å²) in [6, 6.07) is 0. The number of carboxylic acid groups (broad SMARTS) is 1. The minimum atomic E-state index is -1.38. The minimum Gasteiger partial charge on any atom is -0.480 e. The molecule has 1 rings (SSSR count). The van der Waals surface area contributed by atoms with E-state index < -0.39 is 16.9 Å². The lowest BCUT2D eigenvalue weighted by Gasteiger charge is -2.44. The third kappa shape index (κ3) is 2.19. The fraction of sp³-hybridized carbons (Fsp3) is 0.818. The van der Waals surface area contributed by atoms with Crippen molar-refractivity contribution in [1.29, 1.82) is 0 Å². The fourth-order valence-electron chi connectivity index (χ4n) is 1.66. The van der Waals surface area contributed by atoms with Crippen molar-refractivity contribution in [2.45, 2.75) is 33.2 Å². The molecule has 0 aliphatic carbocycles. The highest BCUT2D eigenvalue weighted by Crippen LogP contribution is 2.27. The van der Waals surface area contributed by atoms with Crippen LogP contribution in [0.1, 0.15) is 27.7 Å². The molecule has 1 N–H and O–H groups in total. The van der Waals surface area contributed by atoms with Crippen molar-refractivity contribution in [1.82, 2.24) is 4.90 Å². The SMILES string of the molecule is CC(C)(C(=O)O)C(=O)N1CCOCC1(C)C. The summed E-state index contributed by atoms with van der Waals surface area (Å²) in [6.07, 6.45) is 0. The van der Waals surface area contributed by atoms with Crippen molar-refractivity contribution in [3.63, 3.8) is 0 Å². The maximum absolute atomic E-state index is 12.2. The molecule has 1 aliphatic heterocycles. The van der Waals surface area contributed by atoms with E-state index in [2.05, 4.69) is 0 Å². The van der Waals surface area contributed by atoms with Crippen LogP contribution in [0, 0.1) is 5.41 Å². The molecule has 0 unspecified atom stereocenters. The monoisotopic (exact) mass is 229 g/mol. The number of aliphatic carboxylic acids is 1. The zero-order chi connectivity index (χ0) is 12.6. The summed E-state index contributed by atoms with van der Waals surface area (Å²) in [5.41, 5.74) is -1.82. The van der Waals surface area contributed by atoms with Crippen molar-refractivity contribution in [3.8, 4) is 0 Å². The van der Waals surface area contributed by atoms with Crippen LogP contribution in [-0.4, -0.2) is 47.2 Å². The van der Waals surface area contributed by atoms with E-state index in [1.807, 2.05) is 13.8 Å². The van der Waals surface area contributed by atoms with Crippen LogP contribution in [0.25, 0.3) is 0 Å². The van der Waals surface area contributed by atoms with E-state index in [0.717, 1.165) is 0 Å². The molecule has 0 spiro atoms. The van der Waals surface area contributed by atoms with Crippen LogP contribution < -0.4 is 0 Å². The molecule has 0 aromatic carbocycles. The molecule has 1 aliphatic rings. The number of carboxylic acids is 1. The van der Waals surface area contributed by atoms with Gasteiger partial charge in [-0.05, 0) is 27.7 Å². The normalized spacial score (nSPS) is 20.6. The van der Waals surface area contributed by atoms with Gasteiger partial charge in [0.05, 0.1) is 18.8 Å². The Kier molecular flexibility index (Phi) is 3.28. The summed E-state index contributed by atoms with van der Waals surface area (Å²) >= 11 is 0. The second-order valence-corrected chi connectivity index (χ2v) is 5.25. The van der Waals surface area contributed by atoms with Gasteiger partial charge in [-0.1, -0.05) is 0 Å². The number of hydrogen-bond acceptors (Lipinski definition) is 3. The van der Waals surface area contributed by atoms with Crippen molar-refractivity contribution in [2.75, 3.05) is 19.8 Å². The van der Waals surface area contributed by atoms with Crippen LogP contribution in [0.15, 0.2) is 0 Å². The van der Waals surface area contributed by atoms with Crippen molar-refractivity contribution < 1.29 is 19.4 Å². The summed E-state index contributed by atoms with van der Waals surface area (Å²) in [6.45, 7) is 7.97. The van der Waals surface area contributed by atoms with Gasteiger partial charge in [-0.25, -0.2) is 0 Å². The molecule has 0 radical (unpaired) electrons. The highest BCUT2D eigenvalue weighted by atomic mass is 16.5. The van der Waals surface area contributed by atoms with E-state index in [1.54, 1.807) is 4.90 Å². The Hall–Kier alpha value is -1.10. The minimum absolute atomic E-state index is 0.353. The van der Waals surface area contributed by atoms with Gasteiger partial charge in [-0.2, -0.15) is 0 Å². The van der Waals surface area contributed by atoms with Crippen LogP contribution in [0.3, 0.4) is 0 Å². The zero-order valence-electron chi connectivity index (χ0n) is 10.2. The number of hydrogen-bond donors (Lipinski definition) is 1. The average molecular weight is 229 g/mol. The lowest BCUT2D eigenvalue weighted by atomic mass is 9.89. The first kappa shape index (κ1) is 13.0.